The number of hydrogen-bond donors (Lipinski definition) is 2. The smallest absolute Gasteiger partial charge is 0.250 e. The predicted octanol–water partition coefficient (Wildman–Crippen LogP) is 2.09. The Morgan fingerprint density at radius 3 is 2.81 bits per heavy atom. The maximum absolute atomic E-state index is 12.3. The fourth-order valence-corrected chi connectivity index (χ4v) is 5.09. The van der Waals surface area contributed by atoms with Crippen LogP contribution < -0.4 is 10.0 Å². The van der Waals surface area contributed by atoms with Gasteiger partial charge in [0.1, 0.15) is 4.21 Å². The van der Waals surface area contributed by atoms with Crippen LogP contribution in [0.4, 0.5) is 0 Å². The lowest BCUT2D eigenvalue weighted by molar-refractivity contribution is 0.553. The van der Waals surface area contributed by atoms with Gasteiger partial charge >= 0.3 is 0 Å². The van der Waals surface area contributed by atoms with Crippen LogP contribution in [0, 0.1) is 0 Å². The molecule has 0 aliphatic heterocycles. The fraction of sp³-hybridized carbons (Fsp3) is 0.333. The lowest BCUT2D eigenvalue weighted by Crippen LogP contribution is -2.32. The molecule has 0 spiro atoms. The molecule has 0 bridgehead atoms. The standard InChI is InChI=1S/C15H18N2O2S2/c1-16-10-13-6-7-15(20-13)21(18,19)17-9-12-8-11-4-2-3-5-14(11)12/h2-7,12,16-17H,8-10H2,1H3. The van der Waals surface area contributed by atoms with Gasteiger partial charge in [-0.1, -0.05) is 24.3 Å². The van der Waals surface area contributed by atoms with Gasteiger partial charge in [0.2, 0.25) is 10.0 Å². The van der Waals surface area contributed by atoms with E-state index in [2.05, 4.69) is 22.2 Å². The highest BCUT2D eigenvalue weighted by Gasteiger charge is 2.27. The second-order valence-electron chi connectivity index (χ2n) is 5.20. The van der Waals surface area contributed by atoms with E-state index in [9.17, 15) is 8.42 Å². The van der Waals surface area contributed by atoms with Gasteiger partial charge in [-0.3, -0.25) is 0 Å². The van der Waals surface area contributed by atoms with Crippen molar-refractivity contribution >= 4 is 21.4 Å². The minimum Gasteiger partial charge on any atom is -0.315 e. The summed E-state index contributed by atoms with van der Waals surface area (Å²) in [6.45, 7) is 1.16. The van der Waals surface area contributed by atoms with Crippen molar-refractivity contribution in [2.45, 2.75) is 23.1 Å². The van der Waals surface area contributed by atoms with Crippen LogP contribution in [0.3, 0.4) is 0 Å². The van der Waals surface area contributed by atoms with Crippen LogP contribution in [-0.2, 0) is 23.0 Å². The third-order valence-electron chi connectivity index (χ3n) is 3.73. The van der Waals surface area contributed by atoms with Gasteiger partial charge in [-0.15, -0.1) is 11.3 Å². The van der Waals surface area contributed by atoms with Crippen LogP contribution in [0.1, 0.15) is 21.9 Å². The van der Waals surface area contributed by atoms with Crippen LogP contribution in [-0.4, -0.2) is 22.0 Å². The molecule has 0 fully saturated rings. The first-order valence-electron chi connectivity index (χ1n) is 6.91. The maximum Gasteiger partial charge on any atom is 0.250 e. The van der Waals surface area contributed by atoms with Gasteiger partial charge in [0.15, 0.2) is 0 Å². The summed E-state index contributed by atoms with van der Waals surface area (Å²) in [7, 11) is -1.54. The van der Waals surface area contributed by atoms with Gasteiger partial charge < -0.3 is 5.32 Å². The summed E-state index contributed by atoms with van der Waals surface area (Å²) < 4.78 is 27.7. The first-order valence-corrected chi connectivity index (χ1v) is 9.21. The monoisotopic (exact) mass is 322 g/mol. The molecule has 2 N–H and O–H groups in total. The first-order chi connectivity index (χ1) is 10.1. The Hall–Kier alpha value is -1.21. The molecule has 1 heterocycles. The minimum absolute atomic E-state index is 0.299. The Labute approximate surface area is 129 Å². The molecule has 0 saturated heterocycles. The van der Waals surface area contributed by atoms with Gasteiger partial charge in [0.05, 0.1) is 0 Å². The molecule has 4 nitrogen and oxygen atoms in total. The number of fused-ring (bicyclic) bond motifs is 1. The van der Waals surface area contributed by atoms with E-state index < -0.39 is 10.0 Å². The van der Waals surface area contributed by atoms with Crippen molar-refractivity contribution in [1.29, 1.82) is 0 Å². The molecular formula is C15H18N2O2S2. The Bertz CT molecular complexity index is 738. The van der Waals surface area contributed by atoms with E-state index in [1.165, 1.54) is 22.5 Å². The molecule has 6 heteroatoms. The Balaban J connectivity index is 1.64. The molecule has 3 rings (SSSR count). The summed E-state index contributed by atoms with van der Waals surface area (Å²) in [6, 6.07) is 11.7. The van der Waals surface area contributed by atoms with Crippen LogP contribution in [0.2, 0.25) is 0 Å². The number of rotatable bonds is 6. The quantitative estimate of drug-likeness (QED) is 0.856. The summed E-state index contributed by atoms with van der Waals surface area (Å²) in [5.74, 6) is 0.299. The number of benzene rings is 1. The van der Waals surface area contributed by atoms with Crippen molar-refractivity contribution in [3.8, 4) is 0 Å². The van der Waals surface area contributed by atoms with Crippen LogP contribution >= 0.6 is 11.3 Å². The number of hydrogen-bond acceptors (Lipinski definition) is 4. The largest absolute Gasteiger partial charge is 0.315 e. The average molecular weight is 322 g/mol. The average Bonchev–Trinajstić information content (AvgIpc) is 2.90. The van der Waals surface area contributed by atoms with Gasteiger partial charge in [0, 0.05) is 23.9 Å². The highest BCUT2D eigenvalue weighted by atomic mass is 32.2. The topological polar surface area (TPSA) is 58.2 Å². The molecule has 1 aromatic heterocycles. The fourth-order valence-electron chi connectivity index (χ4n) is 2.60. The van der Waals surface area contributed by atoms with Crippen LogP contribution in [0.5, 0.6) is 0 Å². The van der Waals surface area contributed by atoms with Gasteiger partial charge in [-0.05, 0) is 36.7 Å². The molecule has 1 aromatic carbocycles. The van der Waals surface area contributed by atoms with E-state index in [1.54, 1.807) is 6.07 Å². The zero-order chi connectivity index (χ0) is 14.9. The van der Waals surface area contributed by atoms with Crippen LogP contribution in [0.25, 0.3) is 0 Å². The molecule has 112 valence electrons. The van der Waals surface area contributed by atoms with E-state index in [0.717, 1.165) is 11.3 Å². The van der Waals surface area contributed by atoms with Crippen molar-refractivity contribution < 1.29 is 8.42 Å². The zero-order valence-electron chi connectivity index (χ0n) is 11.8. The lowest BCUT2D eigenvalue weighted by atomic mass is 9.78. The van der Waals surface area contributed by atoms with Crippen molar-refractivity contribution in [2.24, 2.45) is 0 Å². The minimum atomic E-state index is -3.39. The van der Waals surface area contributed by atoms with Crippen molar-refractivity contribution in [2.75, 3.05) is 13.6 Å². The second kappa shape index (κ2) is 5.88. The molecular weight excluding hydrogens is 304 g/mol. The highest BCUT2D eigenvalue weighted by molar-refractivity contribution is 7.91. The van der Waals surface area contributed by atoms with E-state index in [-0.39, 0.29) is 0 Å². The predicted molar refractivity (Wildman–Crippen MR) is 85.2 cm³/mol. The number of sulfonamides is 1. The number of thiophene rings is 1. The van der Waals surface area contributed by atoms with Crippen molar-refractivity contribution in [3.05, 3.63) is 52.4 Å². The molecule has 1 atom stereocenters. The first kappa shape index (κ1) is 14.7. The van der Waals surface area contributed by atoms with Gasteiger partial charge in [-0.2, -0.15) is 0 Å². The summed E-state index contributed by atoms with van der Waals surface area (Å²) in [5.41, 5.74) is 2.59. The van der Waals surface area contributed by atoms with E-state index in [0.29, 0.717) is 23.2 Å². The molecule has 2 aromatic rings. The molecule has 0 amide bonds. The Kier molecular flexibility index (Phi) is 4.12. The van der Waals surface area contributed by atoms with Crippen molar-refractivity contribution in [3.63, 3.8) is 0 Å². The second-order valence-corrected chi connectivity index (χ2v) is 8.36. The van der Waals surface area contributed by atoms with Crippen LogP contribution in [0.15, 0.2) is 40.6 Å². The normalized spacial score (nSPS) is 17.3. The molecule has 0 saturated carbocycles. The summed E-state index contributed by atoms with van der Waals surface area (Å²) >= 11 is 1.31. The summed E-state index contributed by atoms with van der Waals surface area (Å²) in [5, 5.41) is 3.02. The van der Waals surface area contributed by atoms with E-state index in [1.807, 2.05) is 25.2 Å². The zero-order valence-corrected chi connectivity index (χ0v) is 13.4. The van der Waals surface area contributed by atoms with E-state index >= 15 is 0 Å². The third-order valence-corrected chi connectivity index (χ3v) is 6.73. The summed E-state index contributed by atoms with van der Waals surface area (Å²) in [4.78, 5) is 1.02. The highest BCUT2D eigenvalue weighted by Crippen LogP contribution is 2.34. The lowest BCUT2D eigenvalue weighted by Gasteiger charge is -2.29. The van der Waals surface area contributed by atoms with Crippen molar-refractivity contribution in [1.82, 2.24) is 10.0 Å². The Morgan fingerprint density at radius 2 is 2.05 bits per heavy atom. The van der Waals surface area contributed by atoms with E-state index in [4.69, 9.17) is 0 Å². The van der Waals surface area contributed by atoms with Gasteiger partial charge in [-0.25, -0.2) is 13.1 Å². The molecule has 1 aliphatic carbocycles. The molecule has 0 radical (unpaired) electrons. The molecule has 1 aliphatic rings. The maximum atomic E-state index is 12.3. The number of nitrogens with one attached hydrogen (secondary N) is 2. The Morgan fingerprint density at radius 1 is 1.24 bits per heavy atom. The van der Waals surface area contributed by atoms with Gasteiger partial charge in [0.25, 0.3) is 0 Å². The molecule has 21 heavy (non-hydrogen) atoms. The SMILES string of the molecule is CNCc1ccc(S(=O)(=O)NCC2Cc3ccccc32)s1. The molecule has 1 unspecified atom stereocenters. The third kappa shape index (κ3) is 3.03. The summed E-state index contributed by atoms with van der Waals surface area (Å²) in [6.07, 6.45) is 0.953.